The zero-order chi connectivity index (χ0) is 18.4. The minimum absolute atomic E-state index is 0.187. The van der Waals surface area contributed by atoms with Crippen LogP contribution in [0.4, 0.5) is 5.69 Å². The van der Waals surface area contributed by atoms with Crippen LogP contribution in [0.5, 0.6) is 5.75 Å². The molecule has 6 nitrogen and oxygen atoms in total. The SMILES string of the molecule is CCOc1ccc(NC(=O)[C@@H](NS(=O)(=O)c2cccs2)C(C)C)cc1. The Hall–Kier alpha value is -1.90. The summed E-state index contributed by atoms with van der Waals surface area (Å²) in [6.45, 7) is 6.03. The van der Waals surface area contributed by atoms with Gasteiger partial charge in [-0.05, 0) is 48.6 Å². The Labute approximate surface area is 152 Å². The number of nitrogens with one attached hydrogen (secondary N) is 2. The third kappa shape index (κ3) is 5.29. The zero-order valence-electron chi connectivity index (χ0n) is 14.4. The van der Waals surface area contributed by atoms with Crippen molar-refractivity contribution in [2.75, 3.05) is 11.9 Å². The van der Waals surface area contributed by atoms with E-state index in [2.05, 4.69) is 10.0 Å². The number of thiophene rings is 1. The van der Waals surface area contributed by atoms with Crippen molar-refractivity contribution in [2.45, 2.75) is 31.0 Å². The lowest BCUT2D eigenvalue weighted by atomic mass is 10.0. The van der Waals surface area contributed by atoms with Gasteiger partial charge in [0.25, 0.3) is 10.0 Å². The van der Waals surface area contributed by atoms with Crippen LogP contribution in [0.1, 0.15) is 20.8 Å². The van der Waals surface area contributed by atoms with E-state index >= 15 is 0 Å². The third-order valence-corrected chi connectivity index (χ3v) is 6.26. The van der Waals surface area contributed by atoms with Crippen LogP contribution in [-0.4, -0.2) is 27.0 Å². The van der Waals surface area contributed by atoms with E-state index in [9.17, 15) is 13.2 Å². The molecule has 0 saturated carbocycles. The second-order valence-electron chi connectivity index (χ2n) is 5.72. The van der Waals surface area contributed by atoms with Gasteiger partial charge in [0.05, 0.1) is 6.61 Å². The van der Waals surface area contributed by atoms with E-state index in [0.717, 1.165) is 11.3 Å². The molecule has 0 bridgehead atoms. The van der Waals surface area contributed by atoms with Crippen molar-refractivity contribution in [2.24, 2.45) is 5.92 Å². The average molecular weight is 383 g/mol. The summed E-state index contributed by atoms with van der Waals surface area (Å²) in [7, 11) is -3.72. The van der Waals surface area contributed by atoms with Gasteiger partial charge in [-0.1, -0.05) is 19.9 Å². The summed E-state index contributed by atoms with van der Waals surface area (Å²) in [5.41, 5.74) is 0.578. The number of sulfonamides is 1. The Balaban J connectivity index is 2.10. The summed E-state index contributed by atoms with van der Waals surface area (Å²) >= 11 is 1.11. The Morgan fingerprint density at radius 2 is 1.88 bits per heavy atom. The van der Waals surface area contributed by atoms with E-state index in [0.29, 0.717) is 18.0 Å². The van der Waals surface area contributed by atoms with Crippen molar-refractivity contribution in [3.8, 4) is 5.75 Å². The number of amides is 1. The predicted octanol–water partition coefficient (Wildman–Crippen LogP) is 3.09. The summed E-state index contributed by atoms with van der Waals surface area (Å²) in [6.07, 6.45) is 0. The van der Waals surface area contributed by atoms with Crippen LogP contribution in [-0.2, 0) is 14.8 Å². The quantitative estimate of drug-likeness (QED) is 0.735. The number of ether oxygens (including phenoxy) is 1. The van der Waals surface area contributed by atoms with Crippen molar-refractivity contribution in [1.82, 2.24) is 4.72 Å². The molecule has 25 heavy (non-hydrogen) atoms. The highest BCUT2D eigenvalue weighted by Gasteiger charge is 2.28. The van der Waals surface area contributed by atoms with Gasteiger partial charge in [-0.3, -0.25) is 4.79 Å². The molecule has 8 heteroatoms. The van der Waals surface area contributed by atoms with Crippen LogP contribution in [0, 0.1) is 5.92 Å². The largest absolute Gasteiger partial charge is 0.494 e. The number of benzene rings is 1. The molecule has 1 amide bonds. The summed E-state index contributed by atoms with van der Waals surface area (Å²) in [5.74, 6) is 0.0935. The average Bonchev–Trinajstić information content (AvgIpc) is 3.10. The zero-order valence-corrected chi connectivity index (χ0v) is 16.0. The molecule has 0 spiro atoms. The Bertz CT molecular complexity index is 785. The van der Waals surface area contributed by atoms with E-state index in [1.54, 1.807) is 49.6 Å². The minimum Gasteiger partial charge on any atom is -0.494 e. The number of anilines is 1. The summed E-state index contributed by atoms with van der Waals surface area (Å²) in [5, 5.41) is 4.42. The molecule has 0 fully saturated rings. The number of rotatable bonds is 8. The first-order chi connectivity index (χ1) is 11.8. The Morgan fingerprint density at radius 1 is 1.20 bits per heavy atom. The molecule has 0 aliphatic carbocycles. The van der Waals surface area contributed by atoms with Gasteiger partial charge in [0.1, 0.15) is 16.0 Å². The van der Waals surface area contributed by atoms with Crippen LogP contribution in [0.3, 0.4) is 0 Å². The normalized spacial score (nSPS) is 12.8. The van der Waals surface area contributed by atoms with Crippen molar-refractivity contribution >= 4 is 33.0 Å². The number of carbonyl (C=O) groups excluding carboxylic acids is 1. The predicted molar refractivity (Wildman–Crippen MR) is 99.5 cm³/mol. The van der Waals surface area contributed by atoms with Crippen molar-refractivity contribution in [3.05, 3.63) is 41.8 Å². The maximum atomic E-state index is 12.5. The molecule has 1 heterocycles. The molecular formula is C17H22N2O4S2. The molecule has 0 unspecified atom stereocenters. The highest BCUT2D eigenvalue weighted by atomic mass is 32.2. The topological polar surface area (TPSA) is 84.5 Å². The smallest absolute Gasteiger partial charge is 0.250 e. The van der Waals surface area contributed by atoms with Gasteiger partial charge in [0.2, 0.25) is 5.91 Å². The fraction of sp³-hybridized carbons (Fsp3) is 0.353. The van der Waals surface area contributed by atoms with Gasteiger partial charge in [-0.2, -0.15) is 4.72 Å². The lowest BCUT2D eigenvalue weighted by molar-refractivity contribution is -0.118. The highest BCUT2D eigenvalue weighted by molar-refractivity contribution is 7.91. The lowest BCUT2D eigenvalue weighted by Gasteiger charge is -2.21. The standard InChI is InChI=1S/C17H22N2O4S2/c1-4-23-14-9-7-13(8-10-14)18-17(20)16(12(2)3)19-25(21,22)15-6-5-11-24-15/h5-12,16,19H,4H2,1-3H3,(H,18,20)/t16-/m0/s1. The Morgan fingerprint density at radius 3 is 2.40 bits per heavy atom. The van der Waals surface area contributed by atoms with Crippen molar-refractivity contribution in [1.29, 1.82) is 0 Å². The molecule has 136 valence electrons. The van der Waals surface area contributed by atoms with Gasteiger partial charge in [0.15, 0.2) is 0 Å². The fourth-order valence-corrected chi connectivity index (χ4v) is 4.51. The molecule has 0 aliphatic rings. The van der Waals surface area contributed by atoms with Crippen molar-refractivity contribution < 1.29 is 17.9 Å². The first-order valence-corrected chi connectivity index (χ1v) is 10.3. The first-order valence-electron chi connectivity index (χ1n) is 7.93. The summed E-state index contributed by atoms with van der Waals surface area (Å²) < 4.78 is 32.8. The molecule has 0 radical (unpaired) electrons. The lowest BCUT2D eigenvalue weighted by Crippen LogP contribution is -2.46. The minimum atomic E-state index is -3.72. The Kier molecular flexibility index (Phi) is 6.57. The van der Waals surface area contributed by atoms with E-state index < -0.39 is 22.0 Å². The van der Waals surface area contributed by atoms with Crippen LogP contribution in [0.15, 0.2) is 46.0 Å². The molecule has 2 N–H and O–H groups in total. The maximum absolute atomic E-state index is 12.5. The van der Waals surface area contributed by atoms with Gasteiger partial charge in [-0.25, -0.2) is 8.42 Å². The van der Waals surface area contributed by atoms with Gasteiger partial charge in [-0.15, -0.1) is 11.3 Å². The molecule has 0 aliphatic heterocycles. The monoisotopic (exact) mass is 382 g/mol. The van der Waals surface area contributed by atoms with Crippen LogP contribution >= 0.6 is 11.3 Å². The van der Waals surface area contributed by atoms with E-state index in [1.165, 1.54) is 6.07 Å². The molecule has 2 aromatic rings. The first kappa shape index (κ1) is 19.4. The van der Waals surface area contributed by atoms with Gasteiger partial charge in [0, 0.05) is 5.69 Å². The highest BCUT2D eigenvalue weighted by Crippen LogP contribution is 2.19. The van der Waals surface area contributed by atoms with E-state index in [1.807, 2.05) is 6.92 Å². The van der Waals surface area contributed by atoms with E-state index in [4.69, 9.17) is 4.74 Å². The molecular weight excluding hydrogens is 360 g/mol. The van der Waals surface area contributed by atoms with Gasteiger partial charge >= 0.3 is 0 Å². The van der Waals surface area contributed by atoms with Crippen LogP contribution < -0.4 is 14.8 Å². The maximum Gasteiger partial charge on any atom is 0.250 e. The number of hydrogen-bond donors (Lipinski definition) is 2. The van der Waals surface area contributed by atoms with E-state index in [-0.39, 0.29) is 10.1 Å². The summed E-state index contributed by atoms with van der Waals surface area (Å²) in [6, 6.07) is 9.22. The number of hydrogen-bond acceptors (Lipinski definition) is 5. The second-order valence-corrected chi connectivity index (χ2v) is 8.61. The van der Waals surface area contributed by atoms with Crippen molar-refractivity contribution in [3.63, 3.8) is 0 Å². The fourth-order valence-electron chi connectivity index (χ4n) is 2.16. The van der Waals surface area contributed by atoms with Gasteiger partial charge < -0.3 is 10.1 Å². The second kappa shape index (κ2) is 8.46. The van der Waals surface area contributed by atoms with Crippen LogP contribution in [0.2, 0.25) is 0 Å². The molecule has 1 aromatic heterocycles. The molecule has 1 aromatic carbocycles. The molecule has 2 rings (SSSR count). The molecule has 1 atom stereocenters. The summed E-state index contributed by atoms with van der Waals surface area (Å²) in [4.78, 5) is 12.5. The number of carbonyl (C=O) groups is 1. The van der Waals surface area contributed by atoms with Crippen LogP contribution in [0.25, 0.3) is 0 Å². The molecule has 0 saturated heterocycles. The third-order valence-electron chi connectivity index (χ3n) is 3.42.